The number of anilines is 2. The number of nitrogens with zero attached hydrogens (tertiary/aromatic N) is 3. The molecule has 2 heterocycles. The van der Waals surface area contributed by atoms with Gasteiger partial charge >= 0.3 is 5.97 Å². The minimum Gasteiger partial charge on any atom is -0.480 e. The highest BCUT2D eigenvalue weighted by Crippen LogP contribution is 2.15. The van der Waals surface area contributed by atoms with Crippen LogP contribution in [0.3, 0.4) is 0 Å². The molecule has 1 aromatic carbocycles. The van der Waals surface area contributed by atoms with E-state index in [-0.39, 0.29) is 48.0 Å². The minimum atomic E-state index is -1.22. The van der Waals surface area contributed by atoms with Crippen LogP contribution in [0.2, 0.25) is 0 Å². The standard InChI is InChI=1S/C22H26N8O5S2/c1-36-37-9-8-24-16(31)7-6-15(21(34)35)28-19(32)12-2-4-13(5-3-12)25-10-14-11-26-18-17(27-14)20(33)30-22(23)29-18/h2-5,11,15,25H,6-10H2,1H3,(H,24,31)(H,28,32)(H,34,35)(H3,23,26,29,30,33). The molecule has 0 spiro atoms. The van der Waals surface area contributed by atoms with Crippen molar-refractivity contribution in [3.8, 4) is 0 Å². The third kappa shape index (κ3) is 8.35. The first-order valence-corrected chi connectivity index (χ1v) is 13.8. The van der Waals surface area contributed by atoms with Gasteiger partial charge in [0.2, 0.25) is 11.9 Å². The third-order valence-electron chi connectivity index (χ3n) is 5.00. The second kappa shape index (κ2) is 13.5. The average Bonchev–Trinajstić information content (AvgIpc) is 2.88. The number of carbonyl (C=O) groups excluding carboxylic acids is 2. The van der Waals surface area contributed by atoms with Crippen LogP contribution in [0, 0.1) is 0 Å². The molecule has 37 heavy (non-hydrogen) atoms. The summed E-state index contributed by atoms with van der Waals surface area (Å²) in [6, 6.07) is 5.17. The summed E-state index contributed by atoms with van der Waals surface area (Å²) in [6.45, 7) is 0.740. The lowest BCUT2D eigenvalue weighted by molar-refractivity contribution is -0.139. The SMILES string of the molecule is CSSCCNC(=O)CCC(NC(=O)c1ccc(NCc2cnc3nc(N)[nH]c(=O)c3n2)cc1)C(=O)O. The molecule has 0 saturated carbocycles. The van der Waals surface area contributed by atoms with E-state index >= 15 is 0 Å². The number of carboxylic acid groups (broad SMARTS) is 1. The Morgan fingerprint density at radius 1 is 1.19 bits per heavy atom. The number of nitrogens with one attached hydrogen (secondary N) is 4. The zero-order valence-electron chi connectivity index (χ0n) is 19.8. The minimum absolute atomic E-state index is 0.0168. The van der Waals surface area contributed by atoms with Crippen LogP contribution in [0.1, 0.15) is 28.9 Å². The molecule has 196 valence electrons. The number of aromatic nitrogens is 4. The Hall–Kier alpha value is -3.85. The van der Waals surface area contributed by atoms with E-state index in [0.717, 1.165) is 5.75 Å². The molecule has 0 radical (unpaired) electrons. The van der Waals surface area contributed by atoms with Crippen molar-refractivity contribution in [3.63, 3.8) is 0 Å². The Kier molecular flexibility index (Phi) is 10.1. The lowest BCUT2D eigenvalue weighted by atomic mass is 10.1. The van der Waals surface area contributed by atoms with Gasteiger partial charge in [0.1, 0.15) is 6.04 Å². The van der Waals surface area contributed by atoms with E-state index in [1.54, 1.807) is 33.7 Å². The Balaban J connectivity index is 1.52. The normalized spacial score (nSPS) is 11.6. The second-order valence-corrected chi connectivity index (χ2v) is 10.3. The fourth-order valence-corrected chi connectivity index (χ4v) is 4.27. The molecule has 0 fully saturated rings. The van der Waals surface area contributed by atoms with Crippen molar-refractivity contribution in [2.75, 3.05) is 29.6 Å². The first-order valence-electron chi connectivity index (χ1n) is 11.1. The van der Waals surface area contributed by atoms with E-state index in [4.69, 9.17) is 5.73 Å². The number of fused-ring (bicyclic) bond motifs is 1. The number of carbonyl (C=O) groups is 3. The van der Waals surface area contributed by atoms with E-state index in [0.29, 0.717) is 17.9 Å². The van der Waals surface area contributed by atoms with E-state index in [1.807, 2.05) is 6.26 Å². The Labute approximate surface area is 219 Å². The van der Waals surface area contributed by atoms with E-state index in [9.17, 15) is 24.3 Å². The number of nitrogen functional groups attached to an aromatic ring is 1. The van der Waals surface area contributed by atoms with Gasteiger partial charge in [-0.25, -0.2) is 14.8 Å². The summed E-state index contributed by atoms with van der Waals surface area (Å²) < 4.78 is 0. The topological polar surface area (TPSA) is 205 Å². The van der Waals surface area contributed by atoms with Crippen LogP contribution in [0.5, 0.6) is 0 Å². The van der Waals surface area contributed by atoms with Gasteiger partial charge < -0.3 is 26.8 Å². The first-order chi connectivity index (χ1) is 17.8. The lowest BCUT2D eigenvalue weighted by Crippen LogP contribution is -2.41. The molecule has 2 amide bonds. The van der Waals surface area contributed by atoms with Crippen LogP contribution < -0.4 is 27.2 Å². The van der Waals surface area contributed by atoms with Gasteiger partial charge in [0, 0.05) is 30.0 Å². The van der Waals surface area contributed by atoms with Crippen molar-refractivity contribution in [3.05, 3.63) is 52.1 Å². The van der Waals surface area contributed by atoms with Gasteiger partial charge in [0.15, 0.2) is 11.2 Å². The molecular weight excluding hydrogens is 520 g/mol. The number of carboxylic acids is 1. The molecule has 15 heteroatoms. The average molecular weight is 547 g/mol. The highest BCUT2D eigenvalue weighted by Gasteiger charge is 2.21. The number of amides is 2. The van der Waals surface area contributed by atoms with Crippen molar-refractivity contribution in [2.45, 2.75) is 25.4 Å². The molecule has 0 aliphatic rings. The van der Waals surface area contributed by atoms with Crippen LogP contribution in [-0.4, -0.2) is 67.4 Å². The quantitative estimate of drug-likeness (QED) is 0.131. The predicted octanol–water partition coefficient (Wildman–Crippen LogP) is 0.998. The fourth-order valence-electron chi connectivity index (χ4n) is 3.17. The molecule has 13 nitrogen and oxygen atoms in total. The Morgan fingerprint density at radius 2 is 1.95 bits per heavy atom. The largest absolute Gasteiger partial charge is 0.480 e. The molecule has 2 aromatic heterocycles. The molecule has 0 saturated heterocycles. The van der Waals surface area contributed by atoms with Crippen molar-refractivity contribution in [2.24, 2.45) is 0 Å². The van der Waals surface area contributed by atoms with Gasteiger partial charge in [-0.15, -0.1) is 0 Å². The molecule has 0 aliphatic carbocycles. The first kappa shape index (κ1) is 27.7. The Bertz CT molecular complexity index is 1320. The monoisotopic (exact) mass is 546 g/mol. The van der Waals surface area contributed by atoms with Gasteiger partial charge in [0.05, 0.1) is 18.4 Å². The maximum absolute atomic E-state index is 12.6. The second-order valence-electron chi connectivity index (χ2n) is 7.66. The smallest absolute Gasteiger partial charge is 0.326 e. The predicted molar refractivity (Wildman–Crippen MR) is 143 cm³/mol. The summed E-state index contributed by atoms with van der Waals surface area (Å²) in [5.41, 5.74) is 6.64. The van der Waals surface area contributed by atoms with Gasteiger partial charge in [-0.3, -0.25) is 19.4 Å². The summed E-state index contributed by atoms with van der Waals surface area (Å²) in [5.74, 6) is -1.34. The lowest BCUT2D eigenvalue weighted by Gasteiger charge is -2.15. The summed E-state index contributed by atoms with van der Waals surface area (Å²) in [4.78, 5) is 62.7. The summed E-state index contributed by atoms with van der Waals surface area (Å²) >= 11 is 0. The van der Waals surface area contributed by atoms with Crippen LogP contribution in [0.15, 0.2) is 35.3 Å². The number of H-pyrrole nitrogens is 1. The summed E-state index contributed by atoms with van der Waals surface area (Å²) in [7, 11) is 3.21. The highest BCUT2D eigenvalue weighted by molar-refractivity contribution is 8.76. The molecule has 7 N–H and O–H groups in total. The fraction of sp³-hybridized carbons (Fsp3) is 0.318. The number of aromatic amines is 1. The van der Waals surface area contributed by atoms with Crippen molar-refractivity contribution >= 4 is 62.2 Å². The summed E-state index contributed by atoms with van der Waals surface area (Å²) in [6.07, 6.45) is 3.37. The molecule has 0 aliphatic heterocycles. The maximum atomic E-state index is 12.6. The molecule has 1 unspecified atom stereocenters. The van der Waals surface area contributed by atoms with Crippen LogP contribution in [0.25, 0.3) is 11.2 Å². The van der Waals surface area contributed by atoms with E-state index in [2.05, 4.69) is 35.9 Å². The van der Waals surface area contributed by atoms with Gasteiger partial charge in [-0.2, -0.15) is 4.98 Å². The van der Waals surface area contributed by atoms with Crippen molar-refractivity contribution in [1.82, 2.24) is 30.6 Å². The molecular formula is C22H26N8O5S2. The number of benzene rings is 1. The zero-order valence-corrected chi connectivity index (χ0v) is 21.4. The van der Waals surface area contributed by atoms with Crippen LogP contribution in [0.4, 0.5) is 11.6 Å². The maximum Gasteiger partial charge on any atom is 0.326 e. The van der Waals surface area contributed by atoms with Gasteiger partial charge in [-0.05, 0) is 36.9 Å². The van der Waals surface area contributed by atoms with Gasteiger partial charge in [-0.1, -0.05) is 21.6 Å². The van der Waals surface area contributed by atoms with Crippen LogP contribution in [-0.2, 0) is 16.1 Å². The van der Waals surface area contributed by atoms with Crippen LogP contribution >= 0.6 is 21.6 Å². The highest BCUT2D eigenvalue weighted by atomic mass is 33.1. The van der Waals surface area contributed by atoms with Crippen molar-refractivity contribution in [1.29, 1.82) is 0 Å². The van der Waals surface area contributed by atoms with E-state index < -0.39 is 23.5 Å². The van der Waals surface area contributed by atoms with E-state index in [1.165, 1.54) is 18.3 Å². The Morgan fingerprint density at radius 3 is 2.65 bits per heavy atom. The summed E-state index contributed by atoms with van der Waals surface area (Å²) in [5, 5.41) is 17.7. The molecule has 0 bridgehead atoms. The number of rotatable bonds is 13. The molecule has 1 atom stereocenters. The molecule has 3 aromatic rings. The number of hydrogen-bond acceptors (Lipinski definition) is 11. The van der Waals surface area contributed by atoms with Gasteiger partial charge in [0.25, 0.3) is 11.5 Å². The zero-order chi connectivity index (χ0) is 26.8. The third-order valence-corrected chi connectivity index (χ3v) is 6.81. The van der Waals surface area contributed by atoms with Crippen molar-refractivity contribution < 1.29 is 19.5 Å². The number of hydrogen-bond donors (Lipinski definition) is 6. The molecule has 3 rings (SSSR count). The number of aliphatic carboxylic acids is 1. The number of nitrogens with two attached hydrogens (primary N) is 1.